The second kappa shape index (κ2) is 6.98. The van der Waals surface area contributed by atoms with Crippen molar-refractivity contribution < 1.29 is 4.74 Å². The third kappa shape index (κ3) is 3.21. The summed E-state index contributed by atoms with van der Waals surface area (Å²) in [5.41, 5.74) is 2.92. The van der Waals surface area contributed by atoms with Gasteiger partial charge in [0.05, 0.1) is 7.11 Å². The van der Waals surface area contributed by atoms with Crippen LogP contribution in [-0.2, 0) is 6.42 Å². The zero-order chi connectivity index (χ0) is 16.4. The van der Waals surface area contributed by atoms with Crippen LogP contribution in [0.2, 0.25) is 0 Å². The van der Waals surface area contributed by atoms with E-state index in [1.165, 1.54) is 43.5 Å². The van der Waals surface area contributed by atoms with Crippen LogP contribution < -0.4 is 4.74 Å². The van der Waals surface area contributed by atoms with E-state index >= 15 is 0 Å². The Balaban J connectivity index is 1.49. The Bertz CT molecular complexity index is 669. The summed E-state index contributed by atoms with van der Waals surface area (Å²) < 4.78 is 5.44. The Hall–Kier alpha value is -1.80. The Morgan fingerprint density at radius 3 is 2.71 bits per heavy atom. The predicted molar refractivity (Wildman–Crippen MR) is 98.6 cm³/mol. The SMILES string of the molecule is COc1cccc(C2CC3CCC2N(CCc2ccccc2)C3)c1. The maximum absolute atomic E-state index is 5.44. The molecule has 1 aliphatic carbocycles. The van der Waals surface area contributed by atoms with Crippen molar-refractivity contribution >= 4 is 0 Å². The minimum atomic E-state index is 0.670. The van der Waals surface area contributed by atoms with Gasteiger partial charge < -0.3 is 4.74 Å². The smallest absolute Gasteiger partial charge is 0.119 e. The van der Waals surface area contributed by atoms with Gasteiger partial charge in [-0.2, -0.15) is 0 Å². The van der Waals surface area contributed by atoms with Gasteiger partial charge in [0.15, 0.2) is 0 Å². The van der Waals surface area contributed by atoms with Crippen LogP contribution in [-0.4, -0.2) is 31.1 Å². The third-order valence-electron chi connectivity index (χ3n) is 5.94. The Kier molecular flexibility index (Phi) is 4.57. The molecule has 2 nitrogen and oxygen atoms in total. The van der Waals surface area contributed by atoms with Crippen LogP contribution in [0.15, 0.2) is 54.6 Å². The summed E-state index contributed by atoms with van der Waals surface area (Å²) in [6, 6.07) is 20.3. The van der Waals surface area contributed by atoms with Gasteiger partial charge in [0, 0.05) is 19.1 Å². The van der Waals surface area contributed by atoms with Gasteiger partial charge in [0.25, 0.3) is 0 Å². The number of rotatable bonds is 5. The Labute approximate surface area is 145 Å². The molecule has 2 bridgehead atoms. The van der Waals surface area contributed by atoms with Gasteiger partial charge in [-0.1, -0.05) is 42.5 Å². The molecule has 2 saturated heterocycles. The van der Waals surface area contributed by atoms with Crippen molar-refractivity contribution in [2.75, 3.05) is 20.2 Å². The monoisotopic (exact) mass is 321 g/mol. The summed E-state index contributed by atoms with van der Waals surface area (Å²) >= 11 is 0. The molecule has 0 N–H and O–H groups in total. The number of ether oxygens (including phenoxy) is 1. The fraction of sp³-hybridized carbons (Fsp3) is 0.455. The minimum absolute atomic E-state index is 0.670. The molecule has 5 rings (SSSR count). The number of methoxy groups -OCH3 is 1. The van der Waals surface area contributed by atoms with E-state index < -0.39 is 0 Å². The van der Waals surface area contributed by atoms with E-state index in [9.17, 15) is 0 Å². The first-order valence-electron chi connectivity index (χ1n) is 9.25. The average Bonchev–Trinajstić information content (AvgIpc) is 2.67. The highest BCUT2D eigenvalue weighted by Gasteiger charge is 2.41. The molecule has 3 atom stereocenters. The minimum Gasteiger partial charge on any atom is -0.497 e. The normalized spacial score (nSPS) is 26.5. The van der Waals surface area contributed by atoms with E-state index in [0.29, 0.717) is 12.0 Å². The molecular weight excluding hydrogens is 294 g/mol. The lowest BCUT2D eigenvalue weighted by atomic mass is 9.70. The van der Waals surface area contributed by atoms with Gasteiger partial charge in [-0.25, -0.2) is 0 Å². The number of fused-ring (bicyclic) bond motifs is 3. The van der Waals surface area contributed by atoms with Gasteiger partial charge in [0.2, 0.25) is 0 Å². The molecule has 3 unspecified atom stereocenters. The summed E-state index contributed by atoms with van der Waals surface area (Å²) in [4.78, 5) is 2.76. The largest absolute Gasteiger partial charge is 0.497 e. The number of hydrogen-bond acceptors (Lipinski definition) is 2. The topological polar surface area (TPSA) is 12.5 Å². The Morgan fingerprint density at radius 1 is 1.04 bits per heavy atom. The molecule has 0 spiro atoms. The Morgan fingerprint density at radius 2 is 1.92 bits per heavy atom. The number of piperidine rings is 2. The van der Waals surface area contributed by atoms with Crippen LogP contribution in [0.4, 0.5) is 0 Å². The molecule has 1 saturated carbocycles. The average molecular weight is 321 g/mol. The van der Waals surface area contributed by atoms with Crippen LogP contribution in [0.1, 0.15) is 36.3 Å². The lowest BCUT2D eigenvalue weighted by molar-refractivity contribution is 0.0309. The van der Waals surface area contributed by atoms with E-state index in [0.717, 1.165) is 18.1 Å². The fourth-order valence-electron chi connectivity index (χ4n) is 4.72. The standard InChI is InChI=1S/C22H27NO/c1-24-20-9-5-8-19(15-20)21-14-18-10-11-22(21)23(16-18)13-12-17-6-3-2-4-7-17/h2-9,15,18,21-22H,10-14,16H2,1H3. The molecule has 24 heavy (non-hydrogen) atoms. The highest BCUT2D eigenvalue weighted by molar-refractivity contribution is 5.32. The van der Waals surface area contributed by atoms with E-state index in [-0.39, 0.29) is 0 Å². The predicted octanol–water partition coefficient (Wildman–Crippen LogP) is 4.51. The maximum atomic E-state index is 5.44. The summed E-state index contributed by atoms with van der Waals surface area (Å²) in [5.74, 6) is 2.52. The van der Waals surface area contributed by atoms with Crippen LogP contribution >= 0.6 is 0 Å². The molecule has 2 aliphatic heterocycles. The van der Waals surface area contributed by atoms with E-state index in [2.05, 4.69) is 59.5 Å². The van der Waals surface area contributed by atoms with Crippen LogP contribution in [0, 0.1) is 5.92 Å². The van der Waals surface area contributed by atoms with Crippen molar-refractivity contribution in [2.45, 2.75) is 37.6 Å². The molecule has 0 aromatic heterocycles. The molecular formula is C22H27NO. The molecule has 126 valence electrons. The molecule has 2 aromatic carbocycles. The highest BCUT2D eigenvalue weighted by atomic mass is 16.5. The van der Waals surface area contributed by atoms with E-state index in [4.69, 9.17) is 4.74 Å². The number of hydrogen-bond donors (Lipinski definition) is 0. The van der Waals surface area contributed by atoms with Crippen LogP contribution in [0.25, 0.3) is 0 Å². The molecule has 2 heteroatoms. The first kappa shape index (κ1) is 15.7. The zero-order valence-corrected chi connectivity index (χ0v) is 14.5. The van der Waals surface area contributed by atoms with Crippen molar-refractivity contribution in [1.82, 2.24) is 4.90 Å². The molecule has 0 amide bonds. The van der Waals surface area contributed by atoms with Crippen LogP contribution in [0.5, 0.6) is 5.75 Å². The molecule has 3 fully saturated rings. The van der Waals surface area contributed by atoms with Gasteiger partial charge in [-0.3, -0.25) is 4.90 Å². The lowest BCUT2D eigenvalue weighted by Gasteiger charge is -2.50. The summed E-state index contributed by atoms with van der Waals surface area (Å²) in [7, 11) is 1.76. The molecule has 2 heterocycles. The molecule has 0 radical (unpaired) electrons. The quantitative estimate of drug-likeness (QED) is 0.803. The van der Waals surface area contributed by atoms with Gasteiger partial charge >= 0.3 is 0 Å². The van der Waals surface area contributed by atoms with Crippen molar-refractivity contribution in [1.29, 1.82) is 0 Å². The second-order valence-corrected chi connectivity index (χ2v) is 7.36. The van der Waals surface area contributed by atoms with Gasteiger partial charge in [-0.15, -0.1) is 0 Å². The van der Waals surface area contributed by atoms with E-state index in [1.807, 2.05) is 0 Å². The second-order valence-electron chi connectivity index (χ2n) is 7.36. The first-order chi connectivity index (χ1) is 11.8. The van der Waals surface area contributed by atoms with Gasteiger partial charge in [0.1, 0.15) is 5.75 Å². The zero-order valence-electron chi connectivity index (χ0n) is 14.5. The summed E-state index contributed by atoms with van der Waals surface area (Å²) in [6.45, 7) is 2.48. The van der Waals surface area contributed by atoms with Crippen molar-refractivity contribution in [3.05, 3.63) is 65.7 Å². The first-order valence-corrected chi connectivity index (χ1v) is 9.25. The summed E-state index contributed by atoms with van der Waals surface area (Å²) in [6.07, 6.45) is 5.27. The lowest BCUT2D eigenvalue weighted by Crippen LogP contribution is -2.52. The van der Waals surface area contributed by atoms with Crippen molar-refractivity contribution in [2.24, 2.45) is 5.92 Å². The van der Waals surface area contributed by atoms with E-state index in [1.54, 1.807) is 7.11 Å². The van der Waals surface area contributed by atoms with Gasteiger partial charge in [-0.05, 0) is 60.8 Å². The third-order valence-corrected chi connectivity index (χ3v) is 5.94. The van der Waals surface area contributed by atoms with Crippen molar-refractivity contribution in [3.8, 4) is 5.75 Å². The van der Waals surface area contributed by atoms with Crippen molar-refractivity contribution in [3.63, 3.8) is 0 Å². The number of nitrogens with zero attached hydrogens (tertiary/aromatic N) is 1. The summed E-state index contributed by atoms with van der Waals surface area (Å²) in [5, 5.41) is 0. The molecule has 2 aromatic rings. The van der Waals surface area contributed by atoms with Crippen LogP contribution in [0.3, 0.4) is 0 Å². The number of benzene rings is 2. The highest BCUT2D eigenvalue weighted by Crippen LogP contribution is 2.44. The molecule has 3 aliphatic rings. The fourth-order valence-corrected chi connectivity index (χ4v) is 4.72. The maximum Gasteiger partial charge on any atom is 0.119 e.